The van der Waals surface area contributed by atoms with Crippen LogP contribution in [0.25, 0.3) is 11.1 Å². The Morgan fingerprint density at radius 1 is 1.17 bits per heavy atom. The van der Waals surface area contributed by atoms with Gasteiger partial charge in [-0.25, -0.2) is 9.18 Å². The third kappa shape index (κ3) is 2.77. The van der Waals surface area contributed by atoms with Crippen molar-refractivity contribution in [3.8, 4) is 11.1 Å². The van der Waals surface area contributed by atoms with E-state index in [2.05, 4.69) is 4.74 Å². The molecule has 3 rings (SSSR count). The van der Waals surface area contributed by atoms with Crippen LogP contribution in [0.4, 0.5) is 10.1 Å². The minimum atomic E-state index is -0.693. The lowest BCUT2D eigenvalue weighted by molar-refractivity contribution is -0.118. The summed E-state index contributed by atoms with van der Waals surface area (Å²) in [6.45, 7) is 2.53. The Kier molecular flexibility index (Phi) is 4.34. The molecule has 1 aliphatic rings. The average Bonchev–Trinajstić information content (AvgIpc) is 3.03. The first-order chi connectivity index (χ1) is 11.5. The van der Waals surface area contributed by atoms with Gasteiger partial charge in [0.2, 0.25) is 5.91 Å². The minimum Gasteiger partial charge on any atom is -0.465 e. The molecular weight excluding hydrogens is 309 g/mol. The van der Waals surface area contributed by atoms with Crippen molar-refractivity contribution in [1.82, 2.24) is 0 Å². The predicted octanol–water partition coefficient (Wildman–Crippen LogP) is 3.58. The van der Waals surface area contributed by atoms with E-state index in [0.717, 1.165) is 23.2 Å². The van der Waals surface area contributed by atoms with Crippen LogP contribution in [0.2, 0.25) is 0 Å². The summed E-state index contributed by atoms with van der Waals surface area (Å²) in [7, 11) is 1.22. The molecular formula is C19H18FNO3. The summed E-state index contributed by atoms with van der Waals surface area (Å²) in [6.07, 6.45) is 1.26. The largest absolute Gasteiger partial charge is 0.465 e. The monoisotopic (exact) mass is 327 g/mol. The molecule has 0 aliphatic carbocycles. The second-order valence-electron chi connectivity index (χ2n) is 5.68. The molecule has 0 bridgehead atoms. The molecule has 124 valence electrons. The molecule has 0 fully saturated rings. The van der Waals surface area contributed by atoms with E-state index in [9.17, 15) is 14.0 Å². The van der Waals surface area contributed by atoms with Gasteiger partial charge in [0.1, 0.15) is 5.82 Å². The molecule has 0 saturated heterocycles. The molecule has 0 radical (unpaired) electrons. The number of carbonyl (C=O) groups excluding carboxylic acids is 2. The van der Waals surface area contributed by atoms with Gasteiger partial charge in [-0.2, -0.15) is 0 Å². The molecule has 2 aromatic carbocycles. The second kappa shape index (κ2) is 6.43. The van der Waals surface area contributed by atoms with E-state index in [-0.39, 0.29) is 11.5 Å². The van der Waals surface area contributed by atoms with Crippen LogP contribution < -0.4 is 4.90 Å². The lowest BCUT2D eigenvalue weighted by Crippen LogP contribution is -2.27. The fraction of sp³-hybridized carbons (Fsp3) is 0.263. The van der Waals surface area contributed by atoms with Crippen molar-refractivity contribution < 1.29 is 18.7 Å². The van der Waals surface area contributed by atoms with Gasteiger partial charge in [0, 0.05) is 18.7 Å². The van der Waals surface area contributed by atoms with Crippen LogP contribution in [0, 0.1) is 5.82 Å². The standard InChI is InChI=1S/C19H18FNO3/c1-3-18(22)21-9-8-14-10-12(5-7-17(14)21)13-4-6-15(16(20)11-13)19(23)24-2/h4-7,10-11H,3,8-9H2,1-2H3. The van der Waals surface area contributed by atoms with Crippen molar-refractivity contribution in [1.29, 1.82) is 0 Å². The normalized spacial score (nSPS) is 12.9. The number of hydrogen-bond donors (Lipinski definition) is 0. The zero-order valence-corrected chi connectivity index (χ0v) is 13.6. The van der Waals surface area contributed by atoms with Crippen LogP contribution >= 0.6 is 0 Å². The molecule has 5 heteroatoms. The maximum Gasteiger partial charge on any atom is 0.340 e. The third-order valence-corrected chi connectivity index (χ3v) is 4.29. The van der Waals surface area contributed by atoms with Crippen LogP contribution in [0.15, 0.2) is 36.4 Å². The van der Waals surface area contributed by atoms with Crippen LogP contribution in [-0.2, 0) is 16.0 Å². The number of benzene rings is 2. The number of esters is 1. The van der Waals surface area contributed by atoms with Crippen LogP contribution in [0.5, 0.6) is 0 Å². The summed E-state index contributed by atoms with van der Waals surface area (Å²) in [5.41, 5.74) is 3.46. The summed E-state index contributed by atoms with van der Waals surface area (Å²) >= 11 is 0. The van der Waals surface area contributed by atoms with Crippen molar-refractivity contribution >= 4 is 17.6 Å². The van der Waals surface area contributed by atoms with Crippen molar-refractivity contribution in [2.45, 2.75) is 19.8 Å². The van der Waals surface area contributed by atoms with E-state index in [0.29, 0.717) is 18.5 Å². The number of halogens is 1. The Labute approximate surface area is 139 Å². The van der Waals surface area contributed by atoms with Crippen molar-refractivity contribution in [3.05, 3.63) is 53.3 Å². The van der Waals surface area contributed by atoms with Crippen molar-refractivity contribution in [2.24, 2.45) is 0 Å². The fourth-order valence-corrected chi connectivity index (χ4v) is 3.00. The van der Waals surface area contributed by atoms with Gasteiger partial charge in [-0.05, 0) is 47.4 Å². The number of ether oxygens (including phenoxy) is 1. The molecule has 0 spiro atoms. The zero-order chi connectivity index (χ0) is 17.3. The number of hydrogen-bond acceptors (Lipinski definition) is 3. The van der Waals surface area contributed by atoms with Gasteiger partial charge in [-0.15, -0.1) is 0 Å². The number of nitrogens with zero attached hydrogens (tertiary/aromatic N) is 1. The summed E-state index contributed by atoms with van der Waals surface area (Å²) in [5, 5.41) is 0. The van der Waals surface area contributed by atoms with Gasteiger partial charge in [-0.1, -0.05) is 19.1 Å². The first-order valence-corrected chi connectivity index (χ1v) is 7.86. The van der Waals surface area contributed by atoms with Gasteiger partial charge in [-0.3, -0.25) is 4.79 Å². The number of carbonyl (C=O) groups is 2. The average molecular weight is 327 g/mol. The molecule has 0 unspecified atom stereocenters. The van der Waals surface area contributed by atoms with E-state index < -0.39 is 11.8 Å². The second-order valence-corrected chi connectivity index (χ2v) is 5.68. The number of amides is 1. The number of methoxy groups -OCH3 is 1. The van der Waals surface area contributed by atoms with Crippen molar-refractivity contribution in [2.75, 3.05) is 18.6 Å². The predicted molar refractivity (Wildman–Crippen MR) is 89.5 cm³/mol. The fourth-order valence-electron chi connectivity index (χ4n) is 3.00. The quantitative estimate of drug-likeness (QED) is 0.810. The Hall–Kier alpha value is -2.69. The van der Waals surface area contributed by atoms with E-state index in [1.165, 1.54) is 19.2 Å². The molecule has 0 saturated carbocycles. The first-order valence-electron chi connectivity index (χ1n) is 7.86. The van der Waals surface area contributed by atoms with E-state index in [1.807, 2.05) is 25.1 Å². The molecule has 1 heterocycles. The van der Waals surface area contributed by atoms with E-state index in [4.69, 9.17) is 0 Å². The lowest BCUT2D eigenvalue weighted by Gasteiger charge is -2.16. The summed E-state index contributed by atoms with van der Waals surface area (Å²) < 4.78 is 18.7. The first kappa shape index (κ1) is 16.2. The Morgan fingerprint density at radius 3 is 2.54 bits per heavy atom. The highest BCUT2D eigenvalue weighted by atomic mass is 19.1. The highest BCUT2D eigenvalue weighted by molar-refractivity contribution is 5.96. The zero-order valence-electron chi connectivity index (χ0n) is 13.6. The van der Waals surface area contributed by atoms with Gasteiger partial charge in [0.25, 0.3) is 0 Å². The molecule has 0 atom stereocenters. The Bertz CT molecular complexity index is 816. The van der Waals surface area contributed by atoms with E-state index >= 15 is 0 Å². The van der Waals surface area contributed by atoms with Crippen LogP contribution in [-0.4, -0.2) is 25.5 Å². The van der Waals surface area contributed by atoms with E-state index in [1.54, 1.807) is 11.0 Å². The lowest BCUT2D eigenvalue weighted by atomic mass is 10.00. The number of fused-ring (bicyclic) bond motifs is 1. The molecule has 24 heavy (non-hydrogen) atoms. The highest BCUT2D eigenvalue weighted by Gasteiger charge is 2.23. The Morgan fingerprint density at radius 2 is 1.88 bits per heavy atom. The number of anilines is 1. The molecule has 1 amide bonds. The molecule has 1 aliphatic heterocycles. The smallest absolute Gasteiger partial charge is 0.340 e. The maximum absolute atomic E-state index is 14.1. The number of rotatable bonds is 3. The maximum atomic E-state index is 14.1. The summed E-state index contributed by atoms with van der Waals surface area (Å²) in [6, 6.07) is 10.2. The topological polar surface area (TPSA) is 46.6 Å². The molecule has 0 N–H and O–H groups in total. The Balaban J connectivity index is 1.94. The summed E-state index contributed by atoms with van der Waals surface area (Å²) in [5.74, 6) is -1.20. The summed E-state index contributed by atoms with van der Waals surface area (Å²) in [4.78, 5) is 25.2. The minimum absolute atomic E-state index is 0.0814. The van der Waals surface area contributed by atoms with Crippen molar-refractivity contribution in [3.63, 3.8) is 0 Å². The third-order valence-electron chi connectivity index (χ3n) is 4.29. The molecule has 2 aromatic rings. The van der Waals surface area contributed by atoms with Gasteiger partial charge in [0.15, 0.2) is 0 Å². The van der Waals surface area contributed by atoms with Crippen LogP contribution in [0.1, 0.15) is 29.3 Å². The highest BCUT2D eigenvalue weighted by Crippen LogP contribution is 2.33. The SMILES string of the molecule is CCC(=O)N1CCc2cc(-c3ccc(C(=O)OC)c(F)c3)ccc21. The van der Waals surface area contributed by atoms with Gasteiger partial charge < -0.3 is 9.64 Å². The van der Waals surface area contributed by atoms with Gasteiger partial charge >= 0.3 is 5.97 Å². The van der Waals surface area contributed by atoms with Crippen LogP contribution in [0.3, 0.4) is 0 Å². The molecule has 0 aromatic heterocycles. The molecule has 4 nitrogen and oxygen atoms in total. The van der Waals surface area contributed by atoms with Gasteiger partial charge in [0.05, 0.1) is 12.7 Å².